The molecule has 1 aliphatic rings. The van der Waals surface area contributed by atoms with E-state index in [1.54, 1.807) is 14.2 Å². The van der Waals surface area contributed by atoms with Crippen molar-refractivity contribution in [2.24, 2.45) is 5.92 Å². The third kappa shape index (κ3) is 4.23. The first kappa shape index (κ1) is 20.4. The number of nitrogens with zero attached hydrogens (tertiary/aromatic N) is 1. The lowest BCUT2D eigenvalue weighted by molar-refractivity contribution is -0.0174. The monoisotopic (exact) mass is 381 g/mol. The molecule has 0 radical (unpaired) electrons. The predicted octanol–water partition coefficient (Wildman–Crippen LogP) is 4.34. The summed E-state index contributed by atoms with van der Waals surface area (Å²) in [6.45, 7) is 0.836. The third-order valence-electron chi connectivity index (χ3n) is 5.65. The molecule has 1 saturated carbocycles. The average Bonchev–Trinajstić information content (AvgIpc) is 2.71. The minimum absolute atomic E-state index is 0.133. The van der Waals surface area contributed by atoms with E-state index < -0.39 is 5.60 Å². The van der Waals surface area contributed by atoms with Crippen LogP contribution in [0.15, 0.2) is 54.1 Å². The summed E-state index contributed by atoms with van der Waals surface area (Å²) in [6.07, 6.45) is 5.11. The molecular formula is C24H31NO3. The van der Waals surface area contributed by atoms with Crippen LogP contribution in [0.5, 0.6) is 11.5 Å². The molecular weight excluding hydrogens is 350 g/mol. The Balaban J connectivity index is 2.04. The third-order valence-corrected chi connectivity index (χ3v) is 5.65. The molecule has 2 aromatic carbocycles. The van der Waals surface area contributed by atoms with Crippen LogP contribution >= 0.6 is 0 Å². The molecule has 0 saturated heterocycles. The fourth-order valence-electron chi connectivity index (χ4n) is 4.21. The van der Waals surface area contributed by atoms with Gasteiger partial charge in [-0.25, -0.2) is 0 Å². The maximum absolute atomic E-state index is 12.1. The lowest BCUT2D eigenvalue weighted by Gasteiger charge is -2.44. The van der Waals surface area contributed by atoms with Crippen molar-refractivity contribution in [1.29, 1.82) is 0 Å². The van der Waals surface area contributed by atoms with Crippen molar-refractivity contribution in [2.45, 2.75) is 24.9 Å². The van der Waals surface area contributed by atoms with E-state index in [4.69, 9.17) is 9.47 Å². The first-order chi connectivity index (χ1) is 13.5. The summed E-state index contributed by atoms with van der Waals surface area (Å²) < 4.78 is 10.6. The Morgan fingerprint density at radius 2 is 1.57 bits per heavy atom. The highest BCUT2D eigenvalue weighted by Crippen LogP contribution is 2.46. The maximum Gasteiger partial charge on any atom is 0.118 e. The van der Waals surface area contributed by atoms with Crippen molar-refractivity contribution in [3.8, 4) is 11.5 Å². The summed E-state index contributed by atoms with van der Waals surface area (Å²) in [5, 5.41) is 12.1. The highest BCUT2D eigenvalue weighted by atomic mass is 16.5. The molecule has 0 spiro atoms. The van der Waals surface area contributed by atoms with Crippen LogP contribution in [0.2, 0.25) is 0 Å². The minimum Gasteiger partial charge on any atom is -0.497 e. The molecule has 28 heavy (non-hydrogen) atoms. The Morgan fingerprint density at radius 1 is 1.00 bits per heavy atom. The van der Waals surface area contributed by atoms with Gasteiger partial charge in [-0.3, -0.25) is 0 Å². The van der Waals surface area contributed by atoms with Gasteiger partial charge in [0.1, 0.15) is 17.1 Å². The van der Waals surface area contributed by atoms with Gasteiger partial charge < -0.3 is 19.5 Å². The zero-order chi connectivity index (χ0) is 20.1. The second-order valence-electron chi connectivity index (χ2n) is 7.79. The molecule has 2 unspecified atom stereocenters. The van der Waals surface area contributed by atoms with Gasteiger partial charge >= 0.3 is 0 Å². The standard InChI is InChI=1S/C24H31NO3/c1-25(2)17-21-7-5-6-20(16-18-8-12-22(27-3)13-9-18)24(21,26)19-10-14-23(28-4)15-11-19/h8-16,21,26H,5-7,17H2,1-4H3. The quantitative estimate of drug-likeness (QED) is 0.808. The first-order valence-electron chi connectivity index (χ1n) is 9.84. The van der Waals surface area contributed by atoms with Crippen molar-refractivity contribution in [1.82, 2.24) is 4.90 Å². The van der Waals surface area contributed by atoms with Gasteiger partial charge in [-0.15, -0.1) is 0 Å². The first-order valence-corrected chi connectivity index (χ1v) is 9.84. The summed E-state index contributed by atoms with van der Waals surface area (Å²) in [5.41, 5.74) is 2.09. The molecule has 2 aromatic rings. The molecule has 3 rings (SSSR count). The second kappa shape index (κ2) is 8.80. The molecule has 1 fully saturated rings. The molecule has 1 aliphatic carbocycles. The van der Waals surface area contributed by atoms with Crippen molar-refractivity contribution >= 4 is 6.08 Å². The number of benzene rings is 2. The van der Waals surface area contributed by atoms with E-state index in [9.17, 15) is 5.11 Å². The highest BCUT2D eigenvalue weighted by Gasteiger charge is 2.44. The van der Waals surface area contributed by atoms with E-state index in [-0.39, 0.29) is 5.92 Å². The topological polar surface area (TPSA) is 41.9 Å². The molecule has 2 atom stereocenters. The van der Waals surface area contributed by atoms with E-state index in [1.165, 1.54) is 0 Å². The number of methoxy groups -OCH3 is 2. The Morgan fingerprint density at radius 3 is 2.11 bits per heavy atom. The second-order valence-corrected chi connectivity index (χ2v) is 7.79. The summed E-state index contributed by atoms with van der Waals surface area (Å²) >= 11 is 0. The molecule has 0 heterocycles. The average molecular weight is 382 g/mol. The molecule has 4 heteroatoms. The summed E-state index contributed by atoms with van der Waals surface area (Å²) in [6, 6.07) is 15.8. The number of hydrogen-bond donors (Lipinski definition) is 1. The van der Waals surface area contributed by atoms with Crippen molar-refractivity contribution in [3.05, 3.63) is 65.2 Å². The molecule has 1 N–H and O–H groups in total. The Kier molecular flexibility index (Phi) is 6.42. The van der Waals surface area contributed by atoms with Crippen LogP contribution in [0, 0.1) is 5.92 Å². The van der Waals surface area contributed by atoms with Gasteiger partial charge in [0.25, 0.3) is 0 Å². The number of rotatable bonds is 6. The predicted molar refractivity (Wildman–Crippen MR) is 114 cm³/mol. The summed E-state index contributed by atoms with van der Waals surface area (Å²) in [7, 11) is 7.46. The number of ether oxygens (including phenoxy) is 2. The number of hydrogen-bond acceptors (Lipinski definition) is 4. The van der Waals surface area contributed by atoms with Crippen molar-refractivity contribution in [2.75, 3.05) is 34.9 Å². The maximum atomic E-state index is 12.1. The summed E-state index contributed by atoms with van der Waals surface area (Å²) in [5.74, 6) is 1.77. The van der Waals surface area contributed by atoms with Crippen LogP contribution in [-0.2, 0) is 5.60 Å². The van der Waals surface area contributed by atoms with Crippen molar-refractivity contribution < 1.29 is 14.6 Å². The molecule has 150 valence electrons. The SMILES string of the molecule is COc1ccc(C=C2CCCC(CN(C)C)C2(O)c2ccc(OC)cc2)cc1. The fraction of sp³-hybridized carbons (Fsp3) is 0.417. The van der Waals surface area contributed by atoms with Crippen LogP contribution in [-0.4, -0.2) is 44.9 Å². The minimum atomic E-state index is -0.991. The molecule has 0 aromatic heterocycles. The zero-order valence-corrected chi connectivity index (χ0v) is 17.3. The van der Waals surface area contributed by atoms with Gasteiger partial charge in [-0.2, -0.15) is 0 Å². The number of aliphatic hydroxyl groups is 1. The Labute approximate surface area is 168 Å². The highest BCUT2D eigenvalue weighted by molar-refractivity contribution is 5.58. The Bertz CT molecular complexity index is 796. The largest absolute Gasteiger partial charge is 0.497 e. The van der Waals surface area contributed by atoms with Gasteiger partial charge in [0.15, 0.2) is 0 Å². The lowest BCUT2D eigenvalue weighted by atomic mass is 9.67. The van der Waals surface area contributed by atoms with E-state index in [0.717, 1.165) is 54.0 Å². The Hall–Kier alpha value is -2.30. The van der Waals surface area contributed by atoms with Gasteiger partial charge in [-0.1, -0.05) is 30.3 Å². The van der Waals surface area contributed by atoms with E-state index in [2.05, 4.69) is 25.1 Å². The van der Waals surface area contributed by atoms with Crippen molar-refractivity contribution in [3.63, 3.8) is 0 Å². The summed E-state index contributed by atoms with van der Waals surface area (Å²) in [4.78, 5) is 2.16. The zero-order valence-electron chi connectivity index (χ0n) is 17.3. The molecule has 4 nitrogen and oxygen atoms in total. The molecule has 0 amide bonds. The van der Waals surface area contributed by atoms with Gasteiger partial charge in [0.2, 0.25) is 0 Å². The molecule has 0 bridgehead atoms. The van der Waals surface area contributed by atoms with Crippen LogP contribution in [0.1, 0.15) is 30.4 Å². The smallest absolute Gasteiger partial charge is 0.118 e. The van der Waals surface area contributed by atoms with Gasteiger partial charge in [0, 0.05) is 12.5 Å². The van der Waals surface area contributed by atoms with E-state index in [1.807, 2.05) is 48.5 Å². The van der Waals surface area contributed by atoms with Crippen LogP contribution in [0.3, 0.4) is 0 Å². The van der Waals surface area contributed by atoms with E-state index in [0.29, 0.717) is 0 Å². The van der Waals surface area contributed by atoms with Crippen LogP contribution in [0.25, 0.3) is 6.08 Å². The van der Waals surface area contributed by atoms with Crippen LogP contribution < -0.4 is 9.47 Å². The fourth-order valence-corrected chi connectivity index (χ4v) is 4.21. The molecule has 0 aliphatic heterocycles. The normalized spacial score (nSPS) is 23.8. The van der Waals surface area contributed by atoms with Gasteiger partial charge in [-0.05, 0) is 74.3 Å². The van der Waals surface area contributed by atoms with Crippen LogP contribution in [0.4, 0.5) is 0 Å². The van der Waals surface area contributed by atoms with E-state index >= 15 is 0 Å². The van der Waals surface area contributed by atoms with Gasteiger partial charge in [0.05, 0.1) is 14.2 Å². The lowest BCUT2D eigenvalue weighted by Crippen LogP contribution is -2.44.